The third-order valence-electron chi connectivity index (χ3n) is 4.91. The van der Waals surface area contributed by atoms with Gasteiger partial charge in [-0.3, -0.25) is 0 Å². The van der Waals surface area contributed by atoms with Gasteiger partial charge in [0.2, 0.25) is 0 Å². The molecule has 3 rings (SSSR count). The molecule has 1 aromatic carbocycles. The number of thioether (sulfide) groups is 3. The molecule has 2 heterocycles. The second-order valence-electron chi connectivity index (χ2n) is 7.37. The fourth-order valence-electron chi connectivity index (χ4n) is 3.32. The highest BCUT2D eigenvalue weighted by atomic mass is 32.2. The molecular formula is C23H28N2O2S3. The van der Waals surface area contributed by atoms with Crippen LogP contribution in [0.15, 0.2) is 51.9 Å². The van der Waals surface area contributed by atoms with Gasteiger partial charge in [0.25, 0.3) is 0 Å². The Hall–Kier alpha value is -1.49. The van der Waals surface area contributed by atoms with Crippen LogP contribution in [0.3, 0.4) is 0 Å². The summed E-state index contributed by atoms with van der Waals surface area (Å²) in [6.07, 6.45) is 4.54. The van der Waals surface area contributed by atoms with Gasteiger partial charge in [0.15, 0.2) is 5.57 Å². The van der Waals surface area contributed by atoms with E-state index in [2.05, 4.69) is 30.5 Å². The first-order chi connectivity index (χ1) is 14.6. The third-order valence-corrected chi connectivity index (χ3v) is 8.90. The van der Waals surface area contributed by atoms with Gasteiger partial charge in [-0.2, -0.15) is 17.0 Å². The number of unbranched alkanes of at least 4 members (excludes halogenated alkanes) is 3. The Labute approximate surface area is 192 Å². The molecule has 1 saturated heterocycles. The largest absolute Gasteiger partial charge is 0.460 e. The normalized spacial score (nSPS) is 20.3. The van der Waals surface area contributed by atoms with Crippen LogP contribution in [0.25, 0.3) is 0 Å². The Morgan fingerprint density at radius 2 is 2.13 bits per heavy atom. The lowest BCUT2D eigenvalue weighted by atomic mass is 10.2. The van der Waals surface area contributed by atoms with Gasteiger partial charge in [-0.05, 0) is 18.6 Å². The van der Waals surface area contributed by atoms with E-state index >= 15 is 0 Å². The first-order valence-electron chi connectivity index (χ1n) is 10.4. The molecule has 0 saturated carbocycles. The number of ether oxygens (including phenoxy) is 1. The lowest BCUT2D eigenvalue weighted by molar-refractivity contribution is -0.138. The van der Waals surface area contributed by atoms with Crippen molar-refractivity contribution in [2.45, 2.75) is 42.8 Å². The lowest BCUT2D eigenvalue weighted by Gasteiger charge is -2.21. The smallest absolute Gasteiger partial charge is 0.351 e. The maximum atomic E-state index is 12.9. The van der Waals surface area contributed by atoms with Crippen LogP contribution in [0.2, 0.25) is 0 Å². The molecular weight excluding hydrogens is 432 g/mol. The number of rotatable bonds is 8. The zero-order valence-electron chi connectivity index (χ0n) is 17.4. The van der Waals surface area contributed by atoms with Crippen LogP contribution >= 0.6 is 35.3 Å². The van der Waals surface area contributed by atoms with Gasteiger partial charge in [0.1, 0.15) is 17.7 Å². The van der Waals surface area contributed by atoms with Crippen LogP contribution in [0.5, 0.6) is 0 Å². The average molecular weight is 461 g/mol. The third kappa shape index (κ3) is 6.03. The molecule has 1 unspecified atom stereocenters. The van der Waals surface area contributed by atoms with Gasteiger partial charge >= 0.3 is 5.97 Å². The van der Waals surface area contributed by atoms with E-state index in [1.807, 2.05) is 30.0 Å². The molecule has 2 aliphatic heterocycles. The standard InChI is InChI=1S/C23H28N2O2S3/c1-3-4-5-8-11-25-20-9-6-7-10-21(20)30-22(25)19(12-24)23(26)27-13-18-16-28-14-17(2)15-29-18/h6-7,9-10,18H,2-5,8,11,13-16H2,1H3/b22-19-. The van der Waals surface area contributed by atoms with Crippen molar-refractivity contribution >= 4 is 46.9 Å². The molecule has 2 aliphatic rings. The van der Waals surface area contributed by atoms with E-state index in [9.17, 15) is 10.1 Å². The summed E-state index contributed by atoms with van der Waals surface area (Å²) in [5.41, 5.74) is 2.41. The van der Waals surface area contributed by atoms with Crippen LogP contribution in [0, 0.1) is 11.3 Å². The number of para-hydroxylation sites is 1. The maximum Gasteiger partial charge on any atom is 0.351 e. The summed E-state index contributed by atoms with van der Waals surface area (Å²) in [6.45, 7) is 7.38. The van der Waals surface area contributed by atoms with Gasteiger partial charge in [-0.15, -0.1) is 11.8 Å². The number of nitriles is 1. The fourth-order valence-corrected chi connectivity index (χ4v) is 6.89. The van der Waals surface area contributed by atoms with Crippen molar-refractivity contribution in [3.8, 4) is 6.07 Å². The minimum Gasteiger partial charge on any atom is -0.460 e. The number of benzene rings is 1. The van der Waals surface area contributed by atoms with E-state index in [-0.39, 0.29) is 10.8 Å². The Morgan fingerprint density at radius 3 is 2.93 bits per heavy atom. The van der Waals surface area contributed by atoms with Crippen molar-refractivity contribution in [1.29, 1.82) is 5.26 Å². The molecule has 4 nitrogen and oxygen atoms in total. The monoisotopic (exact) mass is 460 g/mol. The van der Waals surface area contributed by atoms with Crippen molar-refractivity contribution in [2.75, 3.05) is 35.3 Å². The number of carbonyl (C=O) groups excluding carboxylic acids is 1. The van der Waals surface area contributed by atoms with E-state index in [1.54, 1.807) is 11.8 Å². The van der Waals surface area contributed by atoms with Crippen molar-refractivity contribution in [3.63, 3.8) is 0 Å². The van der Waals surface area contributed by atoms with Crippen molar-refractivity contribution in [3.05, 3.63) is 47.0 Å². The predicted octanol–water partition coefficient (Wildman–Crippen LogP) is 5.86. The van der Waals surface area contributed by atoms with Crippen molar-refractivity contribution < 1.29 is 9.53 Å². The maximum absolute atomic E-state index is 12.9. The predicted molar refractivity (Wildman–Crippen MR) is 130 cm³/mol. The molecule has 0 bridgehead atoms. The molecule has 1 fully saturated rings. The zero-order chi connectivity index (χ0) is 21.3. The van der Waals surface area contributed by atoms with Crippen LogP contribution < -0.4 is 4.90 Å². The number of fused-ring (bicyclic) bond motifs is 1. The second kappa shape index (κ2) is 11.8. The Kier molecular flexibility index (Phi) is 9.10. The molecule has 0 aromatic heterocycles. The molecule has 7 heteroatoms. The topological polar surface area (TPSA) is 53.3 Å². The van der Waals surface area contributed by atoms with Gasteiger partial charge < -0.3 is 9.64 Å². The highest BCUT2D eigenvalue weighted by Crippen LogP contribution is 2.47. The Bertz CT molecular complexity index is 847. The van der Waals surface area contributed by atoms with Crippen LogP contribution in [0.1, 0.15) is 32.6 Å². The van der Waals surface area contributed by atoms with E-state index < -0.39 is 5.97 Å². The van der Waals surface area contributed by atoms with E-state index in [0.29, 0.717) is 11.6 Å². The summed E-state index contributed by atoms with van der Waals surface area (Å²) in [6, 6.07) is 10.2. The Morgan fingerprint density at radius 1 is 1.30 bits per heavy atom. The molecule has 0 amide bonds. The summed E-state index contributed by atoms with van der Waals surface area (Å²) in [7, 11) is 0. The molecule has 1 atom stereocenters. The quantitative estimate of drug-likeness (QED) is 0.158. The Balaban J connectivity index is 1.72. The number of hydrogen-bond acceptors (Lipinski definition) is 7. The molecule has 0 aliphatic carbocycles. The number of hydrogen-bond donors (Lipinski definition) is 0. The van der Waals surface area contributed by atoms with Gasteiger partial charge in [0.05, 0.1) is 5.69 Å². The first-order valence-corrected chi connectivity index (χ1v) is 13.4. The summed E-state index contributed by atoms with van der Waals surface area (Å²) >= 11 is 5.10. The van der Waals surface area contributed by atoms with E-state index in [0.717, 1.165) is 47.2 Å². The summed E-state index contributed by atoms with van der Waals surface area (Å²) in [5, 5.41) is 10.8. The van der Waals surface area contributed by atoms with Gasteiger partial charge in [-0.25, -0.2) is 4.79 Å². The summed E-state index contributed by atoms with van der Waals surface area (Å²) < 4.78 is 5.60. The number of esters is 1. The molecule has 160 valence electrons. The first kappa shape index (κ1) is 23.2. The van der Waals surface area contributed by atoms with E-state index in [1.165, 1.54) is 30.2 Å². The molecule has 30 heavy (non-hydrogen) atoms. The molecule has 0 N–H and O–H groups in total. The SMILES string of the molecule is C=C1CSCC(COC(=O)/C(C#N)=C2\Sc3ccccc3N2CCCCCC)SC1. The number of nitrogens with zero attached hydrogens (tertiary/aromatic N) is 2. The fraction of sp³-hybridized carbons (Fsp3) is 0.478. The zero-order valence-corrected chi connectivity index (χ0v) is 19.8. The van der Waals surface area contributed by atoms with Crippen molar-refractivity contribution in [1.82, 2.24) is 0 Å². The average Bonchev–Trinajstić information content (AvgIpc) is 2.97. The highest BCUT2D eigenvalue weighted by Gasteiger charge is 2.31. The second-order valence-corrected chi connectivity index (χ2v) is 10.7. The van der Waals surface area contributed by atoms with Gasteiger partial charge in [0, 0.05) is 33.9 Å². The van der Waals surface area contributed by atoms with E-state index in [4.69, 9.17) is 4.74 Å². The number of carbonyl (C=O) groups is 1. The summed E-state index contributed by atoms with van der Waals surface area (Å²) in [4.78, 5) is 16.1. The molecule has 1 aromatic rings. The van der Waals surface area contributed by atoms with Crippen molar-refractivity contribution in [2.24, 2.45) is 0 Å². The van der Waals surface area contributed by atoms with Crippen LogP contribution in [-0.4, -0.2) is 41.6 Å². The number of anilines is 1. The minimum atomic E-state index is -0.514. The molecule has 0 spiro atoms. The van der Waals surface area contributed by atoms with Crippen LogP contribution in [0.4, 0.5) is 5.69 Å². The van der Waals surface area contributed by atoms with Crippen LogP contribution in [-0.2, 0) is 9.53 Å². The van der Waals surface area contributed by atoms with Gasteiger partial charge in [-0.1, -0.05) is 62.2 Å². The summed E-state index contributed by atoms with van der Waals surface area (Å²) in [5.74, 6) is 2.28. The minimum absolute atomic E-state index is 0.113. The highest BCUT2D eigenvalue weighted by molar-refractivity contribution is 8.04. The lowest BCUT2D eigenvalue weighted by Crippen LogP contribution is -2.24. The molecule has 0 radical (unpaired) electrons.